The van der Waals surface area contributed by atoms with Crippen molar-refractivity contribution in [3.63, 3.8) is 0 Å². The SMILES string of the molecule is CCOC[C@@](O)(C#Cc1ccc(C(=O)OC)cc1)CC. The highest BCUT2D eigenvalue weighted by Gasteiger charge is 2.21. The van der Waals surface area contributed by atoms with Crippen LogP contribution in [-0.4, -0.2) is 37.0 Å². The van der Waals surface area contributed by atoms with Crippen molar-refractivity contribution < 1.29 is 19.4 Å². The maximum absolute atomic E-state index is 11.3. The largest absolute Gasteiger partial charge is 0.465 e. The molecule has 20 heavy (non-hydrogen) atoms. The van der Waals surface area contributed by atoms with E-state index < -0.39 is 5.60 Å². The number of esters is 1. The Morgan fingerprint density at radius 2 is 1.95 bits per heavy atom. The summed E-state index contributed by atoms with van der Waals surface area (Å²) in [5.41, 5.74) is 0.0518. The second kappa shape index (κ2) is 7.68. The predicted molar refractivity (Wildman–Crippen MR) is 76.4 cm³/mol. The van der Waals surface area contributed by atoms with Crippen molar-refractivity contribution in [1.29, 1.82) is 0 Å². The van der Waals surface area contributed by atoms with Crippen molar-refractivity contribution >= 4 is 5.97 Å². The maximum Gasteiger partial charge on any atom is 0.337 e. The van der Waals surface area contributed by atoms with Crippen molar-refractivity contribution in [2.24, 2.45) is 0 Å². The zero-order chi connectivity index (χ0) is 15.0. The van der Waals surface area contributed by atoms with Gasteiger partial charge in [-0.3, -0.25) is 0 Å². The van der Waals surface area contributed by atoms with Gasteiger partial charge >= 0.3 is 5.97 Å². The van der Waals surface area contributed by atoms with E-state index >= 15 is 0 Å². The average Bonchev–Trinajstić information content (AvgIpc) is 2.50. The fourth-order valence-electron chi connectivity index (χ4n) is 1.49. The fraction of sp³-hybridized carbons (Fsp3) is 0.438. The molecule has 1 atom stereocenters. The highest BCUT2D eigenvalue weighted by atomic mass is 16.5. The Bertz CT molecular complexity index is 495. The molecule has 4 nitrogen and oxygen atoms in total. The van der Waals surface area contributed by atoms with Crippen LogP contribution in [0, 0.1) is 11.8 Å². The van der Waals surface area contributed by atoms with Gasteiger partial charge in [0.05, 0.1) is 19.3 Å². The van der Waals surface area contributed by atoms with Gasteiger partial charge in [0.25, 0.3) is 0 Å². The Morgan fingerprint density at radius 1 is 1.30 bits per heavy atom. The first-order valence-electron chi connectivity index (χ1n) is 6.56. The van der Waals surface area contributed by atoms with Crippen molar-refractivity contribution in [2.45, 2.75) is 25.9 Å². The summed E-state index contributed by atoms with van der Waals surface area (Å²) in [5.74, 6) is 5.34. The maximum atomic E-state index is 11.3. The van der Waals surface area contributed by atoms with E-state index in [1.54, 1.807) is 24.3 Å². The summed E-state index contributed by atoms with van der Waals surface area (Å²) in [4.78, 5) is 11.3. The molecule has 0 aliphatic carbocycles. The molecule has 0 aromatic heterocycles. The average molecular weight is 276 g/mol. The van der Waals surface area contributed by atoms with Gasteiger partial charge in [-0.15, -0.1) is 0 Å². The number of rotatable bonds is 5. The van der Waals surface area contributed by atoms with Crippen LogP contribution in [0.25, 0.3) is 0 Å². The molecule has 0 unspecified atom stereocenters. The van der Waals surface area contributed by atoms with Gasteiger partial charge in [0.2, 0.25) is 0 Å². The normalized spacial score (nSPS) is 13.0. The summed E-state index contributed by atoms with van der Waals surface area (Å²) < 4.78 is 9.85. The minimum Gasteiger partial charge on any atom is -0.465 e. The summed E-state index contributed by atoms with van der Waals surface area (Å²) in [6, 6.07) is 6.72. The lowest BCUT2D eigenvalue weighted by molar-refractivity contribution is -0.00486. The Labute approximate surface area is 119 Å². The minimum atomic E-state index is -1.14. The number of hydrogen-bond donors (Lipinski definition) is 1. The molecule has 0 bridgehead atoms. The highest BCUT2D eigenvalue weighted by molar-refractivity contribution is 5.89. The number of carbonyl (C=O) groups is 1. The molecular weight excluding hydrogens is 256 g/mol. The summed E-state index contributed by atoms with van der Waals surface area (Å²) in [7, 11) is 1.34. The Kier molecular flexibility index (Phi) is 6.23. The van der Waals surface area contributed by atoms with Gasteiger partial charge in [-0.25, -0.2) is 4.79 Å². The van der Waals surface area contributed by atoms with Crippen LogP contribution >= 0.6 is 0 Å². The van der Waals surface area contributed by atoms with E-state index in [0.29, 0.717) is 18.6 Å². The van der Waals surface area contributed by atoms with Crippen molar-refractivity contribution in [3.05, 3.63) is 35.4 Å². The van der Waals surface area contributed by atoms with Crippen molar-refractivity contribution in [2.75, 3.05) is 20.3 Å². The lowest BCUT2D eigenvalue weighted by atomic mass is 10.0. The van der Waals surface area contributed by atoms with Gasteiger partial charge in [-0.2, -0.15) is 0 Å². The molecule has 4 heteroatoms. The van der Waals surface area contributed by atoms with Gasteiger partial charge in [0.15, 0.2) is 0 Å². The summed E-state index contributed by atoms with van der Waals surface area (Å²) >= 11 is 0. The van der Waals surface area contributed by atoms with Crippen LogP contribution < -0.4 is 0 Å². The molecular formula is C16H20O4. The van der Waals surface area contributed by atoms with E-state index in [9.17, 15) is 9.90 Å². The van der Waals surface area contributed by atoms with Crippen LogP contribution in [0.1, 0.15) is 36.2 Å². The van der Waals surface area contributed by atoms with Gasteiger partial charge < -0.3 is 14.6 Å². The first kappa shape index (κ1) is 16.2. The first-order valence-corrected chi connectivity index (χ1v) is 6.56. The number of aliphatic hydroxyl groups is 1. The second-order valence-corrected chi connectivity index (χ2v) is 4.34. The zero-order valence-electron chi connectivity index (χ0n) is 12.1. The van der Waals surface area contributed by atoms with E-state index in [-0.39, 0.29) is 12.6 Å². The summed E-state index contributed by atoms with van der Waals surface area (Å²) in [5, 5.41) is 10.2. The molecule has 0 amide bonds. The Hall–Kier alpha value is -1.83. The number of benzene rings is 1. The quantitative estimate of drug-likeness (QED) is 0.660. The molecule has 1 rings (SSSR count). The van der Waals surface area contributed by atoms with Crippen LogP contribution in [0.3, 0.4) is 0 Å². The first-order chi connectivity index (χ1) is 9.54. The number of ether oxygens (including phenoxy) is 2. The third-order valence-electron chi connectivity index (χ3n) is 2.88. The van der Waals surface area contributed by atoms with Crippen LogP contribution in [-0.2, 0) is 9.47 Å². The second-order valence-electron chi connectivity index (χ2n) is 4.34. The standard InChI is InChI=1S/C16H20O4/c1-4-16(18,12-20-5-2)11-10-13-6-8-14(9-7-13)15(17)19-3/h6-9,18H,4-5,12H2,1-3H3/t16-/m0/s1. The van der Waals surface area contributed by atoms with E-state index in [0.717, 1.165) is 5.56 Å². The van der Waals surface area contributed by atoms with Gasteiger partial charge in [0, 0.05) is 12.2 Å². The Morgan fingerprint density at radius 3 is 2.45 bits per heavy atom. The molecule has 0 fully saturated rings. The fourth-order valence-corrected chi connectivity index (χ4v) is 1.49. The van der Waals surface area contributed by atoms with E-state index in [1.165, 1.54) is 7.11 Å². The molecule has 0 spiro atoms. The van der Waals surface area contributed by atoms with E-state index in [1.807, 2.05) is 13.8 Å². The van der Waals surface area contributed by atoms with Crippen LogP contribution in [0.15, 0.2) is 24.3 Å². The van der Waals surface area contributed by atoms with Crippen LogP contribution in [0.5, 0.6) is 0 Å². The molecule has 108 valence electrons. The molecule has 1 aromatic rings. The summed E-state index contributed by atoms with van der Waals surface area (Å²) in [6.45, 7) is 4.45. The molecule has 0 saturated heterocycles. The topological polar surface area (TPSA) is 55.8 Å². The summed E-state index contributed by atoms with van der Waals surface area (Å²) in [6.07, 6.45) is 0.486. The van der Waals surface area contributed by atoms with Gasteiger partial charge in [0.1, 0.15) is 5.60 Å². The highest BCUT2D eigenvalue weighted by Crippen LogP contribution is 2.10. The minimum absolute atomic E-state index is 0.188. The molecule has 0 heterocycles. The van der Waals surface area contributed by atoms with Gasteiger partial charge in [-0.05, 0) is 37.6 Å². The molecule has 0 radical (unpaired) electrons. The molecule has 0 aliphatic heterocycles. The van der Waals surface area contributed by atoms with Crippen LogP contribution in [0.4, 0.5) is 0 Å². The van der Waals surface area contributed by atoms with Crippen molar-refractivity contribution in [3.8, 4) is 11.8 Å². The monoisotopic (exact) mass is 276 g/mol. The Balaban J connectivity index is 2.82. The lowest BCUT2D eigenvalue weighted by Gasteiger charge is -2.19. The van der Waals surface area contributed by atoms with E-state index in [2.05, 4.69) is 16.6 Å². The van der Waals surface area contributed by atoms with Gasteiger partial charge in [-0.1, -0.05) is 18.8 Å². The van der Waals surface area contributed by atoms with E-state index in [4.69, 9.17) is 4.74 Å². The zero-order valence-corrected chi connectivity index (χ0v) is 12.1. The van der Waals surface area contributed by atoms with Crippen molar-refractivity contribution in [1.82, 2.24) is 0 Å². The molecule has 0 aliphatic rings. The molecule has 1 aromatic carbocycles. The smallest absolute Gasteiger partial charge is 0.337 e. The molecule has 1 N–H and O–H groups in total. The predicted octanol–water partition coefficient (Wildman–Crippen LogP) is 2.00. The van der Waals surface area contributed by atoms with Crippen LogP contribution in [0.2, 0.25) is 0 Å². The molecule has 0 saturated carbocycles. The lowest BCUT2D eigenvalue weighted by Crippen LogP contribution is -2.32. The number of methoxy groups -OCH3 is 1. The number of carbonyl (C=O) groups excluding carboxylic acids is 1. The number of hydrogen-bond acceptors (Lipinski definition) is 4. The third-order valence-corrected chi connectivity index (χ3v) is 2.88. The third kappa shape index (κ3) is 4.69.